The SMILES string of the molecule is NNc1c(CN2CCNC(=O)C2)cccc1[N+](=O)[O-]. The van der Waals surface area contributed by atoms with Crippen molar-refractivity contribution in [3.05, 3.63) is 33.9 Å². The van der Waals surface area contributed by atoms with Gasteiger partial charge in [0.2, 0.25) is 5.91 Å². The van der Waals surface area contributed by atoms with Crippen LogP contribution in [0.4, 0.5) is 11.4 Å². The van der Waals surface area contributed by atoms with Crippen molar-refractivity contribution in [1.29, 1.82) is 0 Å². The van der Waals surface area contributed by atoms with Gasteiger partial charge in [-0.1, -0.05) is 12.1 Å². The smallest absolute Gasteiger partial charge is 0.293 e. The van der Waals surface area contributed by atoms with Crippen molar-refractivity contribution in [3.63, 3.8) is 0 Å². The van der Waals surface area contributed by atoms with Gasteiger partial charge in [-0.15, -0.1) is 0 Å². The van der Waals surface area contributed by atoms with Crippen molar-refractivity contribution in [2.24, 2.45) is 5.84 Å². The minimum atomic E-state index is -0.485. The first-order valence-electron chi connectivity index (χ1n) is 5.83. The third-order valence-corrected chi connectivity index (χ3v) is 2.98. The standard InChI is InChI=1S/C11H15N5O3/c12-14-11-8(2-1-3-9(11)16(18)19)6-15-5-4-13-10(17)7-15/h1-3,14H,4-7,12H2,(H,13,17). The molecule has 0 spiro atoms. The summed E-state index contributed by atoms with van der Waals surface area (Å²) in [5.74, 6) is 5.33. The summed E-state index contributed by atoms with van der Waals surface area (Å²) in [4.78, 5) is 23.6. The molecule has 102 valence electrons. The van der Waals surface area contributed by atoms with Gasteiger partial charge in [-0.25, -0.2) is 0 Å². The van der Waals surface area contributed by atoms with Crippen molar-refractivity contribution in [1.82, 2.24) is 10.2 Å². The monoisotopic (exact) mass is 265 g/mol. The van der Waals surface area contributed by atoms with E-state index in [1.165, 1.54) is 6.07 Å². The molecule has 1 aliphatic heterocycles. The highest BCUT2D eigenvalue weighted by atomic mass is 16.6. The number of amides is 1. The largest absolute Gasteiger partial charge is 0.354 e. The number of hydrogen-bond donors (Lipinski definition) is 3. The van der Waals surface area contributed by atoms with Gasteiger partial charge in [0, 0.05) is 25.7 Å². The number of piperazine rings is 1. The number of para-hydroxylation sites is 1. The normalized spacial score (nSPS) is 15.9. The number of nitrogens with zero attached hydrogens (tertiary/aromatic N) is 2. The quantitative estimate of drug-likeness (QED) is 0.395. The van der Waals surface area contributed by atoms with Crippen LogP contribution in [0.25, 0.3) is 0 Å². The van der Waals surface area contributed by atoms with Crippen LogP contribution in [-0.2, 0) is 11.3 Å². The van der Waals surface area contributed by atoms with Crippen LogP contribution in [0, 0.1) is 10.1 Å². The average Bonchev–Trinajstić information content (AvgIpc) is 2.38. The van der Waals surface area contributed by atoms with Crippen LogP contribution in [0.1, 0.15) is 5.56 Å². The maximum Gasteiger partial charge on any atom is 0.293 e. The van der Waals surface area contributed by atoms with Crippen molar-refractivity contribution in [2.45, 2.75) is 6.54 Å². The number of nitro groups is 1. The molecule has 8 heteroatoms. The molecule has 0 aliphatic carbocycles. The first-order valence-corrected chi connectivity index (χ1v) is 5.83. The van der Waals surface area contributed by atoms with Crippen LogP contribution < -0.4 is 16.6 Å². The van der Waals surface area contributed by atoms with Crippen molar-refractivity contribution >= 4 is 17.3 Å². The van der Waals surface area contributed by atoms with Gasteiger partial charge in [0.25, 0.3) is 5.69 Å². The van der Waals surface area contributed by atoms with Gasteiger partial charge in [-0.3, -0.25) is 25.7 Å². The van der Waals surface area contributed by atoms with E-state index in [9.17, 15) is 14.9 Å². The Hall–Kier alpha value is -2.19. The second kappa shape index (κ2) is 5.63. The lowest BCUT2D eigenvalue weighted by Crippen LogP contribution is -2.47. The van der Waals surface area contributed by atoms with E-state index < -0.39 is 4.92 Å². The summed E-state index contributed by atoms with van der Waals surface area (Å²) >= 11 is 0. The number of hydrogen-bond acceptors (Lipinski definition) is 6. The number of nitrogens with one attached hydrogen (secondary N) is 2. The molecule has 0 radical (unpaired) electrons. The predicted octanol–water partition coefficient (Wildman–Crippen LogP) is -0.188. The summed E-state index contributed by atoms with van der Waals surface area (Å²) < 4.78 is 0. The summed E-state index contributed by atoms with van der Waals surface area (Å²) in [6.07, 6.45) is 0. The number of hydrazine groups is 1. The summed E-state index contributed by atoms with van der Waals surface area (Å²) in [6, 6.07) is 4.76. The third kappa shape index (κ3) is 2.98. The fraction of sp³-hybridized carbons (Fsp3) is 0.364. The molecule has 0 saturated carbocycles. The Bertz CT molecular complexity index is 505. The van der Waals surface area contributed by atoms with E-state index in [0.29, 0.717) is 30.9 Å². The van der Waals surface area contributed by atoms with E-state index in [4.69, 9.17) is 5.84 Å². The van der Waals surface area contributed by atoms with E-state index >= 15 is 0 Å². The van der Waals surface area contributed by atoms with Crippen LogP contribution >= 0.6 is 0 Å². The third-order valence-electron chi connectivity index (χ3n) is 2.98. The number of nitro benzene ring substituents is 1. The molecule has 19 heavy (non-hydrogen) atoms. The molecule has 1 aromatic rings. The Morgan fingerprint density at radius 3 is 2.95 bits per heavy atom. The molecular weight excluding hydrogens is 250 g/mol. The number of carbonyl (C=O) groups is 1. The van der Waals surface area contributed by atoms with Gasteiger partial charge in [-0.05, 0) is 5.56 Å². The van der Waals surface area contributed by atoms with E-state index in [1.54, 1.807) is 12.1 Å². The second-order valence-corrected chi connectivity index (χ2v) is 4.27. The molecule has 1 amide bonds. The molecule has 1 aromatic carbocycles. The first-order chi connectivity index (χ1) is 9.11. The average molecular weight is 265 g/mol. The topological polar surface area (TPSA) is 114 Å². The molecular formula is C11H15N5O3. The lowest BCUT2D eigenvalue weighted by Gasteiger charge is -2.27. The van der Waals surface area contributed by atoms with Crippen LogP contribution in [-0.4, -0.2) is 35.4 Å². The predicted molar refractivity (Wildman–Crippen MR) is 69.2 cm³/mol. The van der Waals surface area contributed by atoms with Crippen LogP contribution in [0.2, 0.25) is 0 Å². The Morgan fingerprint density at radius 1 is 1.53 bits per heavy atom. The zero-order valence-corrected chi connectivity index (χ0v) is 10.3. The minimum Gasteiger partial charge on any atom is -0.354 e. The summed E-state index contributed by atoms with van der Waals surface area (Å²) in [5, 5.41) is 13.6. The number of rotatable bonds is 4. The Kier molecular flexibility index (Phi) is 3.93. The highest BCUT2D eigenvalue weighted by Crippen LogP contribution is 2.28. The fourth-order valence-corrected chi connectivity index (χ4v) is 2.10. The molecule has 1 heterocycles. The van der Waals surface area contributed by atoms with E-state index in [-0.39, 0.29) is 18.1 Å². The van der Waals surface area contributed by atoms with Crippen LogP contribution in [0.3, 0.4) is 0 Å². The van der Waals surface area contributed by atoms with Crippen LogP contribution in [0.15, 0.2) is 18.2 Å². The molecule has 8 nitrogen and oxygen atoms in total. The number of carbonyl (C=O) groups excluding carboxylic acids is 1. The fourth-order valence-electron chi connectivity index (χ4n) is 2.10. The molecule has 0 atom stereocenters. The Balaban J connectivity index is 2.22. The highest BCUT2D eigenvalue weighted by Gasteiger charge is 2.21. The summed E-state index contributed by atoms with van der Waals surface area (Å²) in [7, 11) is 0. The molecule has 2 rings (SSSR count). The first kappa shape index (κ1) is 13.2. The van der Waals surface area contributed by atoms with Crippen LogP contribution in [0.5, 0.6) is 0 Å². The minimum absolute atomic E-state index is 0.0426. The molecule has 0 unspecified atom stereocenters. The molecule has 1 saturated heterocycles. The van der Waals surface area contributed by atoms with Gasteiger partial charge >= 0.3 is 0 Å². The number of nitrogen functional groups attached to an aromatic ring is 1. The highest BCUT2D eigenvalue weighted by molar-refractivity contribution is 5.78. The Labute approximate surface area is 109 Å². The molecule has 1 aliphatic rings. The molecule has 4 N–H and O–H groups in total. The number of anilines is 1. The summed E-state index contributed by atoms with van der Waals surface area (Å²) in [5.41, 5.74) is 3.30. The van der Waals surface area contributed by atoms with Gasteiger partial charge in [-0.2, -0.15) is 0 Å². The van der Waals surface area contributed by atoms with Gasteiger partial charge in [0.05, 0.1) is 11.5 Å². The number of nitrogens with two attached hydrogens (primary N) is 1. The number of benzene rings is 1. The van der Waals surface area contributed by atoms with E-state index in [0.717, 1.165) is 0 Å². The Morgan fingerprint density at radius 2 is 2.32 bits per heavy atom. The zero-order valence-electron chi connectivity index (χ0n) is 10.3. The molecule has 0 aromatic heterocycles. The summed E-state index contributed by atoms with van der Waals surface area (Å²) in [6.45, 7) is 2.01. The van der Waals surface area contributed by atoms with Crippen molar-refractivity contribution < 1.29 is 9.72 Å². The molecule has 1 fully saturated rings. The van der Waals surface area contributed by atoms with E-state index in [2.05, 4.69) is 10.7 Å². The second-order valence-electron chi connectivity index (χ2n) is 4.27. The lowest BCUT2D eigenvalue weighted by atomic mass is 10.1. The van der Waals surface area contributed by atoms with E-state index in [1.807, 2.05) is 4.90 Å². The lowest BCUT2D eigenvalue weighted by molar-refractivity contribution is -0.384. The maximum atomic E-state index is 11.3. The maximum absolute atomic E-state index is 11.3. The van der Waals surface area contributed by atoms with Crippen molar-refractivity contribution in [3.8, 4) is 0 Å². The van der Waals surface area contributed by atoms with Crippen molar-refractivity contribution in [2.75, 3.05) is 25.1 Å². The van der Waals surface area contributed by atoms with Gasteiger partial charge < -0.3 is 10.7 Å². The van der Waals surface area contributed by atoms with Gasteiger partial charge in [0.15, 0.2) is 0 Å². The van der Waals surface area contributed by atoms with Gasteiger partial charge in [0.1, 0.15) is 5.69 Å². The molecule has 0 bridgehead atoms. The zero-order chi connectivity index (χ0) is 13.8.